The van der Waals surface area contributed by atoms with Gasteiger partial charge in [0.25, 0.3) is 0 Å². The van der Waals surface area contributed by atoms with Crippen molar-refractivity contribution in [3.05, 3.63) is 52.6 Å². The third-order valence-electron chi connectivity index (χ3n) is 6.20. The number of benzene rings is 1. The third-order valence-corrected chi connectivity index (χ3v) is 7.46. The first-order valence-electron chi connectivity index (χ1n) is 10.3. The van der Waals surface area contributed by atoms with E-state index in [0.717, 1.165) is 25.1 Å². The van der Waals surface area contributed by atoms with Gasteiger partial charge in [-0.05, 0) is 31.0 Å². The number of likely N-dealkylation sites (N-methyl/N-ethyl adjacent to an activating group) is 1. The van der Waals surface area contributed by atoms with Crippen molar-refractivity contribution >= 4 is 23.5 Å². The van der Waals surface area contributed by atoms with Crippen LogP contribution in [0.2, 0.25) is 0 Å². The van der Waals surface area contributed by atoms with Gasteiger partial charge in [0.2, 0.25) is 5.91 Å². The number of nitriles is 2. The standard InChI is InChI=1S/C23H24N6OS/c1-3-17-18(10-24)22(29-13-15-9-16(29)12-28(15)2)27-23(19(17)11-25)31-20(21(26)30)14-7-5-4-6-8-14/h4-8,15-16,20H,3,9,12-13H2,1-2H3,(H2,26,30). The van der Waals surface area contributed by atoms with Crippen LogP contribution >= 0.6 is 11.8 Å². The molecule has 0 saturated carbocycles. The zero-order valence-corrected chi connectivity index (χ0v) is 18.4. The first kappa shape index (κ1) is 21.2. The van der Waals surface area contributed by atoms with Gasteiger partial charge in [-0.1, -0.05) is 49.0 Å². The lowest BCUT2D eigenvalue weighted by Crippen LogP contribution is -2.45. The minimum absolute atomic E-state index is 0.297. The molecule has 0 aliphatic carbocycles. The van der Waals surface area contributed by atoms with Crippen LogP contribution in [0.3, 0.4) is 0 Å². The molecule has 3 heterocycles. The minimum Gasteiger partial charge on any atom is -0.368 e. The second-order valence-corrected chi connectivity index (χ2v) is 9.09. The Morgan fingerprint density at radius 3 is 2.45 bits per heavy atom. The summed E-state index contributed by atoms with van der Waals surface area (Å²) in [7, 11) is 2.12. The Bertz CT molecular complexity index is 1090. The molecule has 0 spiro atoms. The maximum atomic E-state index is 12.3. The fourth-order valence-electron chi connectivity index (χ4n) is 4.63. The molecule has 2 aromatic rings. The number of aromatic nitrogens is 1. The van der Waals surface area contributed by atoms with Crippen molar-refractivity contribution in [2.45, 2.75) is 42.1 Å². The quantitative estimate of drug-likeness (QED) is 0.699. The van der Waals surface area contributed by atoms with Gasteiger partial charge in [0.05, 0.1) is 11.1 Å². The molecule has 31 heavy (non-hydrogen) atoms. The van der Waals surface area contributed by atoms with Crippen LogP contribution in [-0.4, -0.2) is 48.0 Å². The number of piperazine rings is 1. The van der Waals surface area contributed by atoms with Gasteiger partial charge in [0, 0.05) is 25.2 Å². The SMILES string of the molecule is CCc1c(C#N)c(SC(C(N)=O)c2ccccc2)nc(N2CC3CC2CN3C)c1C#N. The van der Waals surface area contributed by atoms with Gasteiger partial charge in [0.1, 0.15) is 28.2 Å². The summed E-state index contributed by atoms with van der Waals surface area (Å²) in [6.45, 7) is 3.66. The summed E-state index contributed by atoms with van der Waals surface area (Å²) in [6, 6.07) is 14.5. The van der Waals surface area contributed by atoms with Gasteiger partial charge in [0.15, 0.2) is 0 Å². The molecule has 2 bridgehead atoms. The van der Waals surface area contributed by atoms with Crippen LogP contribution in [0.5, 0.6) is 0 Å². The summed E-state index contributed by atoms with van der Waals surface area (Å²) in [5.74, 6) is 0.130. The number of nitrogens with two attached hydrogens (primary N) is 1. The van der Waals surface area contributed by atoms with Crippen molar-refractivity contribution in [2.75, 3.05) is 25.0 Å². The molecule has 1 aromatic heterocycles. The van der Waals surface area contributed by atoms with E-state index in [4.69, 9.17) is 10.7 Å². The Balaban J connectivity index is 1.81. The van der Waals surface area contributed by atoms with Gasteiger partial charge in [-0.3, -0.25) is 9.69 Å². The smallest absolute Gasteiger partial charge is 0.235 e. The Hall–Kier alpha value is -3.07. The first-order chi connectivity index (χ1) is 15.0. The zero-order valence-electron chi connectivity index (χ0n) is 17.6. The van der Waals surface area contributed by atoms with Crippen molar-refractivity contribution in [3.63, 3.8) is 0 Å². The van der Waals surface area contributed by atoms with Gasteiger partial charge in [-0.25, -0.2) is 4.98 Å². The number of nitrogens with zero attached hydrogens (tertiary/aromatic N) is 5. The predicted octanol–water partition coefficient (Wildman–Crippen LogP) is 2.60. The Kier molecular flexibility index (Phi) is 5.86. The maximum absolute atomic E-state index is 12.3. The number of anilines is 1. The fraction of sp³-hybridized carbons (Fsp3) is 0.391. The fourth-order valence-corrected chi connectivity index (χ4v) is 5.69. The van der Waals surface area contributed by atoms with Crippen LogP contribution in [0.4, 0.5) is 5.82 Å². The zero-order chi connectivity index (χ0) is 22.1. The molecule has 4 rings (SSSR count). The van der Waals surface area contributed by atoms with Gasteiger partial charge in [-0.15, -0.1) is 0 Å². The highest BCUT2D eigenvalue weighted by molar-refractivity contribution is 8.00. The molecule has 1 amide bonds. The summed E-state index contributed by atoms with van der Waals surface area (Å²) in [4.78, 5) is 21.6. The second kappa shape index (κ2) is 8.58. The molecule has 2 fully saturated rings. The Morgan fingerprint density at radius 1 is 1.23 bits per heavy atom. The average Bonchev–Trinajstić information content (AvgIpc) is 3.36. The number of carbonyl (C=O) groups is 1. The van der Waals surface area contributed by atoms with Gasteiger partial charge >= 0.3 is 0 Å². The topological polar surface area (TPSA) is 110 Å². The van der Waals surface area contributed by atoms with Crippen molar-refractivity contribution in [2.24, 2.45) is 5.73 Å². The van der Waals surface area contributed by atoms with E-state index in [0.29, 0.717) is 46.0 Å². The molecule has 3 unspecified atom stereocenters. The number of primary amides is 1. The van der Waals surface area contributed by atoms with E-state index in [2.05, 4.69) is 29.0 Å². The summed E-state index contributed by atoms with van der Waals surface area (Å²) >= 11 is 1.19. The van der Waals surface area contributed by atoms with E-state index in [1.54, 1.807) is 0 Å². The summed E-state index contributed by atoms with van der Waals surface area (Å²) in [6.07, 6.45) is 1.57. The molecular formula is C23H24N6OS. The highest BCUT2D eigenvalue weighted by Crippen LogP contribution is 2.41. The molecule has 2 N–H and O–H groups in total. The molecule has 8 heteroatoms. The number of rotatable bonds is 6. The molecule has 158 valence electrons. The van der Waals surface area contributed by atoms with Crippen molar-refractivity contribution in [3.8, 4) is 12.1 Å². The number of amides is 1. The molecule has 2 saturated heterocycles. The number of hydrogen-bond donors (Lipinski definition) is 1. The second-order valence-electron chi connectivity index (χ2n) is 7.99. The van der Waals surface area contributed by atoms with Crippen LogP contribution < -0.4 is 10.6 Å². The molecule has 2 aliphatic rings. The maximum Gasteiger partial charge on any atom is 0.235 e. The number of pyridine rings is 1. The van der Waals surface area contributed by atoms with E-state index >= 15 is 0 Å². The van der Waals surface area contributed by atoms with Crippen LogP contribution in [0.15, 0.2) is 35.4 Å². The molecule has 1 aromatic carbocycles. The Labute approximate surface area is 186 Å². The first-order valence-corrected chi connectivity index (χ1v) is 11.2. The van der Waals surface area contributed by atoms with Crippen LogP contribution in [0.1, 0.15) is 40.8 Å². The lowest BCUT2D eigenvalue weighted by molar-refractivity contribution is -0.117. The van der Waals surface area contributed by atoms with Crippen LogP contribution in [0, 0.1) is 22.7 Å². The number of hydrogen-bond acceptors (Lipinski definition) is 7. The van der Waals surface area contributed by atoms with Gasteiger partial charge < -0.3 is 10.6 Å². The third kappa shape index (κ3) is 3.74. The summed E-state index contributed by atoms with van der Waals surface area (Å²) in [5.41, 5.74) is 7.99. The average molecular weight is 433 g/mol. The summed E-state index contributed by atoms with van der Waals surface area (Å²) in [5, 5.41) is 19.7. The van der Waals surface area contributed by atoms with Crippen molar-refractivity contribution in [1.82, 2.24) is 9.88 Å². The van der Waals surface area contributed by atoms with E-state index in [1.807, 2.05) is 37.3 Å². The highest BCUT2D eigenvalue weighted by Gasteiger charge is 2.43. The molecule has 2 aliphatic heterocycles. The van der Waals surface area contributed by atoms with E-state index < -0.39 is 11.2 Å². The number of likely N-dealkylation sites (tertiary alicyclic amines) is 1. The van der Waals surface area contributed by atoms with E-state index in [9.17, 15) is 15.3 Å². The normalized spacial score (nSPS) is 21.0. The Morgan fingerprint density at radius 2 is 1.94 bits per heavy atom. The molecular weight excluding hydrogens is 408 g/mol. The largest absolute Gasteiger partial charge is 0.368 e. The number of fused-ring (bicyclic) bond motifs is 2. The predicted molar refractivity (Wildman–Crippen MR) is 119 cm³/mol. The van der Waals surface area contributed by atoms with Crippen LogP contribution in [-0.2, 0) is 11.2 Å². The van der Waals surface area contributed by atoms with Crippen molar-refractivity contribution in [1.29, 1.82) is 10.5 Å². The lowest BCUT2D eigenvalue weighted by atomic mass is 10.0. The molecule has 3 atom stereocenters. The van der Waals surface area contributed by atoms with Crippen LogP contribution in [0.25, 0.3) is 0 Å². The van der Waals surface area contributed by atoms with Gasteiger partial charge in [-0.2, -0.15) is 10.5 Å². The minimum atomic E-state index is -0.674. The molecule has 7 nitrogen and oxygen atoms in total. The van der Waals surface area contributed by atoms with E-state index in [-0.39, 0.29) is 0 Å². The number of thioether (sulfide) groups is 1. The summed E-state index contributed by atoms with van der Waals surface area (Å²) < 4.78 is 0. The highest BCUT2D eigenvalue weighted by atomic mass is 32.2. The number of carbonyl (C=O) groups excluding carboxylic acids is 1. The lowest BCUT2D eigenvalue weighted by Gasteiger charge is -2.34. The molecule has 0 radical (unpaired) electrons. The van der Waals surface area contributed by atoms with E-state index in [1.165, 1.54) is 11.8 Å². The monoisotopic (exact) mass is 432 g/mol. The van der Waals surface area contributed by atoms with Crippen molar-refractivity contribution < 1.29 is 4.79 Å².